The molecule has 5 nitrogen and oxygen atoms in total. The van der Waals surface area contributed by atoms with Crippen LogP contribution >= 0.6 is 0 Å². The predicted molar refractivity (Wildman–Crippen MR) is 72.5 cm³/mol. The molecule has 2 N–H and O–H groups in total. The SMILES string of the molecule is COc1cc([C@H](C)NC(=O)c2c[nH]c(C(F)(F)F)c2)ccn1. The Balaban J connectivity index is 2.09. The van der Waals surface area contributed by atoms with Crippen molar-refractivity contribution in [3.8, 4) is 5.88 Å². The second-order valence-electron chi connectivity index (χ2n) is 4.63. The van der Waals surface area contributed by atoms with Crippen LogP contribution in [-0.4, -0.2) is 23.0 Å². The lowest BCUT2D eigenvalue weighted by Gasteiger charge is -2.14. The Morgan fingerprint density at radius 1 is 1.41 bits per heavy atom. The number of H-pyrrole nitrogens is 1. The first kappa shape index (κ1) is 15.9. The van der Waals surface area contributed by atoms with Crippen LogP contribution < -0.4 is 10.1 Å². The Morgan fingerprint density at radius 2 is 2.14 bits per heavy atom. The highest BCUT2D eigenvalue weighted by Crippen LogP contribution is 2.28. The van der Waals surface area contributed by atoms with Crippen LogP contribution in [0.2, 0.25) is 0 Å². The second-order valence-corrected chi connectivity index (χ2v) is 4.63. The molecule has 0 bridgehead atoms. The van der Waals surface area contributed by atoms with Gasteiger partial charge in [-0.1, -0.05) is 0 Å². The number of halogens is 3. The van der Waals surface area contributed by atoms with Gasteiger partial charge in [0, 0.05) is 18.5 Å². The molecule has 8 heteroatoms. The zero-order valence-electron chi connectivity index (χ0n) is 11.9. The van der Waals surface area contributed by atoms with E-state index in [4.69, 9.17) is 4.74 Å². The maximum Gasteiger partial charge on any atom is 0.431 e. The smallest absolute Gasteiger partial charge is 0.431 e. The van der Waals surface area contributed by atoms with E-state index in [0.29, 0.717) is 5.88 Å². The maximum atomic E-state index is 12.5. The fourth-order valence-corrected chi connectivity index (χ4v) is 1.86. The molecule has 0 fully saturated rings. The number of nitrogens with one attached hydrogen (secondary N) is 2. The van der Waals surface area contributed by atoms with Gasteiger partial charge in [0.1, 0.15) is 5.69 Å². The lowest BCUT2D eigenvalue weighted by atomic mass is 10.1. The van der Waals surface area contributed by atoms with E-state index in [1.165, 1.54) is 13.3 Å². The highest BCUT2D eigenvalue weighted by molar-refractivity contribution is 5.94. The van der Waals surface area contributed by atoms with Gasteiger partial charge in [0.05, 0.1) is 18.7 Å². The van der Waals surface area contributed by atoms with E-state index in [-0.39, 0.29) is 5.56 Å². The number of aromatic amines is 1. The average Bonchev–Trinajstić information content (AvgIpc) is 2.97. The number of carbonyl (C=O) groups is 1. The van der Waals surface area contributed by atoms with Crippen LogP contribution in [0.1, 0.15) is 34.6 Å². The molecule has 1 atom stereocenters. The number of rotatable bonds is 4. The lowest BCUT2D eigenvalue weighted by Crippen LogP contribution is -2.26. The number of nitrogens with zero attached hydrogens (tertiary/aromatic N) is 1. The quantitative estimate of drug-likeness (QED) is 0.912. The molecule has 2 rings (SSSR count). The number of methoxy groups -OCH3 is 1. The van der Waals surface area contributed by atoms with Crippen molar-refractivity contribution in [2.45, 2.75) is 19.1 Å². The lowest BCUT2D eigenvalue weighted by molar-refractivity contribution is -0.140. The van der Waals surface area contributed by atoms with Crippen LogP contribution in [0.25, 0.3) is 0 Å². The van der Waals surface area contributed by atoms with Gasteiger partial charge in [-0.3, -0.25) is 4.79 Å². The van der Waals surface area contributed by atoms with Crippen molar-refractivity contribution in [3.63, 3.8) is 0 Å². The van der Waals surface area contributed by atoms with E-state index >= 15 is 0 Å². The summed E-state index contributed by atoms with van der Waals surface area (Å²) < 4.78 is 42.5. The Morgan fingerprint density at radius 3 is 2.73 bits per heavy atom. The molecule has 0 unspecified atom stereocenters. The average molecular weight is 313 g/mol. The van der Waals surface area contributed by atoms with E-state index in [1.54, 1.807) is 19.1 Å². The van der Waals surface area contributed by atoms with Crippen molar-refractivity contribution in [1.82, 2.24) is 15.3 Å². The number of hydrogen-bond donors (Lipinski definition) is 2. The number of aromatic nitrogens is 2. The van der Waals surface area contributed by atoms with Gasteiger partial charge in [-0.25, -0.2) is 4.98 Å². The minimum Gasteiger partial charge on any atom is -0.481 e. The summed E-state index contributed by atoms with van der Waals surface area (Å²) in [5, 5.41) is 2.62. The van der Waals surface area contributed by atoms with E-state index < -0.39 is 23.8 Å². The number of amides is 1. The fourth-order valence-electron chi connectivity index (χ4n) is 1.86. The highest BCUT2D eigenvalue weighted by atomic mass is 19.4. The molecule has 118 valence electrons. The standard InChI is InChI=1S/C14H14F3N3O2/c1-8(9-3-4-18-12(6-9)22-2)20-13(21)10-5-11(19-7-10)14(15,16)17/h3-8,19H,1-2H3,(H,20,21)/t8-/m0/s1. The van der Waals surface area contributed by atoms with Crippen molar-refractivity contribution in [2.75, 3.05) is 7.11 Å². The van der Waals surface area contributed by atoms with Gasteiger partial charge < -0.3 is 15.0 Å². The molecule has 2 aromatic heterocycles. The van der Waals surface area contributed by atoms with Crippen molar-refractivity contribution in [2.24, 2.45) is 0 Å². The van der Waals surface area contributed by atoms with Gasteiger partial charge >= 0.3 is 6.18 Å². The molecule has 0 aliphatic rings. The van der Waals surface area contributed by atoms with Crippen molar-refractivity contribution in [3.05, 3.63) is 47.4 Å². The van der Waals surface area contributed by atoms with Crippen LogP contribution in [0.3, 0.4) is 0 Å². The molecular weight excluding hydrogens is 299 g/mol. The minimum atomic E-state index is -4.51. The fraction of sp³-hybridized carbons (Fsp3) is 0.286. The molecular formula is C14H14F3N3O2. The Labute approximate surface area is 124 Å². The van der Waals surface area contributed by atoms with Gasteiger partial charge in [0.15, 0.2) is 0 Å². The van der Waals surface area contributed by atoms with Gasteiger partial charge in [-0.2, -0.15) is 13.2 Å². The third kappa shape index (κ3) is 3.57. The van der Waals surface area contributed by atoms with Gasteiger partial charge in [0.25, 0.3) is 5.91 Å². The first-order chi connectivity index (χ1) is 10.3. The van der Waals surface area contributed by atoms with Gasteiger partial charge in [-0.05, 0) is 24.6 Å². The largest absolute Gasteiger partial charge is 0.481 e. The summed E-state index contributed by atoms with van der Waals surface area (Å²) in [6.07, 6.45) is -1.96. The molecule has 1 amide bonds. The molecule has 0 radical (unpaired) electrons. The van der Waals surface area contributed by atoms with E-state index in [9.17, 15) is 18.0 Å². The number of alkyl halides is 3. The first-order valence-electron chi connectivity index (χ1n) is 6.37. The van der Waals surface area contributed by atoms with Crippen LogP contribution in [0.5, 0.6) is 5.88 Å². The number of pyridine rings is 1. The van der Waals surface area contributed by atoms with E-state index in [0.717, 1.165) is 17.8 Å². The summed E-state index contributed by atoms with van der Waals surface area (Å²) in [5.74, 6) is -0.213. The molecule has 0 saturated heterocycles. The summed E-state index contributed by atoms with van der Waals surface area (Å²) in [7, 11) is 1.47. The van der Waals surface area contributed by atoms with Crippen LogP contribution in [0.4, 0.5) is 13.2 Å². The molecule has 0 spiro atoms. The van der Waals surface area contributed by atoms with Crippen molar-refractivity contribution in [1.29, 1.82) is 0 Å². The maximum absolute atomic E-state index is 12.5. The predicted octanol–water partition coefficient (Wildman–Crippen LogP) is 2.93. The van der Waals surface area contributed by atoms with Gasteiger partial charge in [-0.15, -0.1) is 0 Å². The Hall–Kier alpha value is -2.51. The Bertz CT molecular complexity index is 667. The normalized spacial score (nSPS) is 12.8. The molecule has 0 aliphatic carbocycles. The summed E-state index contributed by atoms with van der Waals surface area (Å²) in [6.45, 7) is 1.71. The van der Waals surface area contributed by atoms with E-state index in [2.05, 4.69) is 10.3 Å². The molecule has 2 heterocycles. The van der Waals surface area contributed by atoms with Gasteiger partial charge in [0.2, 0.25) is 5.88 Å². The molecule has 0 aliphatic heterocycles. The summed E-state index contributed by atoms with van der Waals surface area (Å²) >= 11 is 0. The first-order valence-corrected chi connectivity index (χ1v) is 6.37. The van der Waals surface area contributed by atoms with E-state index in [1.807, 2.05) is 4.98 Å². The third-order valence-electron chi connectivity index (χ3n) is 3.07. The van der Waals surface area contributed by atoms with Crippen molar-refractivity contribution >= 4 is 5.91 Å². The monoisotopic (exact) mass is 313 g/mol. The number of ether oxygens (including phenoxy) is 1. The molecule has 2 aromatic rings. The molecule has 0 aromatic carbocycles. The zero-order chi connectivity index (χ0) is 16.3. The summed E-state index contributed by atoms with van der Waals surface area (Å²) in [5.41, 5.74) is -0.317. The minimum absolute atomic E-state index is 0.0832. The molecule has 0 saturated carbocycles. The summed E-state index contributed by atoms with van der Waals surface area (Å²) in [4.78, 5) is 18.0. The van der Waals surface area contributed by atoms with Crippen LogP contribution in [0.15, 0.2) is 30.6 Å². The Kier molecular flexibility index (Phi) is 4.39. The second kappa shape index (κ2) is 6.08. The molecule has 22 heavy (non-hydrogen) atoms. The van der Waals surface area contributed by atoms with Crippen molar-refractivity contribution < 1.29 is 22.7 Å². The van der Waals surface area contributed by atoms with Crippen LogP contribution in [0, 0.1) is 0 Å². The zero-order valence-corrected chi connectivity index (χ0v) is 11.9. The van der Waals surface area contributed by atoms with Crippen LogP contribution in [-0.2, 0) is 6.18 Å². The topological polar surface area (TPSA) is 67.0 Å². The highest BCUT2D eigenvalue weighted by Gasteiger charge is 2.33. The summed E-state index contributed by atoms with van der Waals surface area (Å²) in [6, 6.07) is 3.69. The number of carbonyl (C=O) groups excluding carboxylic acids is 1. The third-order valence-corrected chi connectivity index (χ3v) is 3.07. The number of hydrogen-bond acceptors (Lipinski definition) is 3.